The Labute approximate surface area is 111 Å². The smallest absolute Gasteiger partial charge is 0.280 e. The van der Waals surface area contributed by atoms with Crippen molar-refractivity contribution in [3.8, 4) is 0 Å². The average molecular weight is 283 g/mol. The van der Waals surface area contributed by atoms with E-state index in [2.05, 4.69) is 15.0 Å². The summed E-state index contributed by atoms with van der Waals surface area (Å²) in [6.45, 7) is -0.447. The number of nitrogen functional groups attached to an aromatic ring is 1. The zero-order valence-electron chi connectivity index (χ0n) is 10.2. The lowest BCUT2D eigenvalue weighted by Crippen LogP contribution is -2.33. The van der Waals surface area contributed by atoms with Crippen molar-refractivity contribution in [3.63, 3.8) is 0 Å². The second kappa shape index (κ2) is 4.52. The molecule has 4 atom stereocenters. The number of ether oxygens (including phenoxy) is 1. The number of H-pyrrole nitrogens is 1. The third-order valence-corrected chi connectivity index (χ3v) is 3.24. The van der Waals surface area contributed by atoms with Crippen LogP contribution in [0.25, 0.3) is 11.2 Å². The van der Waals surface area contributed by atoms with E-state index in [1.807, 2.05) is 0 Å². The largest absolute Gasteiger partial charge is 0.394 e. The van der Waals surface area contributed by atoms with Crippen LogP contribution in [0, 0.1) is 0 Å². The number of nitrogens with one attached hydrogen (secondary N) is 1. The summed E-state index contributed by atoms with van der Waals surface area (Å²) < 4.78 is 6.64. The SMILES string of the molecule is Nc1nc2c(ncn2C2O[C@@H](CO)[C@H](O)[C@@H]2O)c(=O)[nH]1. The topological polar surface area (TPSA) is 160 Å². The quantitative estimate of drug-likeness (QED) is 0.398. The number of nitrogens with two attached hydrogens (primary N) is 1. The van der Waals surface area contributed by atoms with Gasteiger partial charge in [0.15, 0.2) is 17.4 Å². The highest BCUT2D eigenvalue weighted by Gasteiger charge is 2.44. The van der Waals surface area contributed by atoms with E-state index in [1.165, 1.54) is 10.9 Å². The Morgan fingerprint density at radius 1 is 1.45 bits per heavy atom. The highest BCUT2D eigenvalue weighted by Crippen LogP contribution is 2.30. The minimum Gasteiger partial charge on any atom is -0.394 e. The molecule has 6 N–H and O–H groups in total. The molecule has 1 aliphatic heterocycles. The van der Waals surface area contributed by atoms with Crippen molar-refractivity contribution < 1.29 is 20.1 Å². The number of aromatic amines is 1. The first-order valence-corrected chi connectivity index (χ1v) is 5.87. The lowest BCUT2D eigenvalue weighted by molar-refractivity contribution is -0.0511. The molecule has 3 rings (SSSR count). The summed E-state index contributed by atoms with van der Waals surface area (Å²) in [6.07, 6.45) is -3.21. The van der Waals surface area contributed by atoms with Gasteiger partial charge >= 0.3 is 0 Å². The van der Waals surface area contributed by atoms with Crippen LogP contribution in [-0.2, 0) is 4.74 Å². The van der Waals surface area contributed by atoms with Gasteiger partial charge in [-0.1, -0.05) is 0 Å². The number of rotatable bonds is 2. The van der Waals surface area contributed by atoms with E-state index in [0.29, 0.717) is 0 Å². The Hall–Kier alpha value is -2.01. The number of fused-ring (bicyclic) bond motifs is 1. The molecule has 1 unspecified atom stereocenters. The van der Waals surface area contributed by atoms with Gasteiger partial charge in [0.05, 0.1) is 12.9 Å². The van der Waals surface area contributed by atoms with E-state index in [-0.39, 0.29) is 17.1 Å². The van der Waals surface area contributed by atoms with Crippen LogP contribution in [0.1, 0.15) is 6.23 Å². The Balaban J connectivity index is 2.09. The van der Waals surface area contributed by atoms with Crippen LogP contribution in [0.3, 0.4) is 0 Å². The molecule has 3 heterocycles. The fraction of sp³-hybridized carbons (Fsp3) is 0.500. The van der Waals surface area contributed by atoms with Crippen molar-refractivity contribution in [2.75, 3.05) is 12.3 Å². The molecule has 2 aromatic rings. The number of aliphatic hydroxyl groups is 3. The summed E-state index contributed by atoms with van der Waals surface area (Å²) in [5.41, 5.74) is 5.12. The Kier molecular flexibility index (Phi) is 2.94. The maximum absolute atomic E-state index is 11.7. The van der Waals surface area contributed by atoms with Crippen molar-refractivity contribution in [2.45, 2.75) is 24.5 Å². The standard InChI is InChI=1S/C10H13N5O5/c11-10-13-7-4(8(19)14-10)12-2-15(7)9-6(18)5(17)3(1-16)20-9/h2-3,5-6,9,16-18H,1H2,(H3,11,13,14,19)/t3-,5-,6-,9?/m0/s1. The molecule has 0 aromatic carbocycles. The van der Waals surface area contributed by atoms with E-state index in [1.54, 1.807) is 0 Å². The molecule has 0 saturated carbocycles. The first kappa shape index (κ1) is 13.0. The highest BCUT2D eigenvalue weighted by atomic mass is 16.6. The monoisotopic (exact) mass is 283 g/mol. The third kappa shape index (κ3) is 1.78. The molecular weight excluding hydrogens is 270 g/mol. The molecular formula is C10H13N5O5. The maximum atomic E-state index is 11.7. The summed E-state index contributed by atoms with van der Waals surface area (Å²) in [6, 6.07) is 0. The van der Waals surface area contributed by atoms with Gasteiger partial charge in [0.2, 0.25) is 5.95 Å². The van der Waals surface area contributed by atoms with Crippen molar-refractivity contribution >= 4 is 17.1 Å². The molecule has 0 bridgehead atoms. The van der Waals surface area contributed by atoms with E-state index in [4.69, 9.17) is 15.6 Å². The zero-order chi connectivity index (χ0) is 14.4. The molecule has 1 aliphatic rings. The predicted octanol–water partition coefficient (Wildman–Crippen LogP) is -2.69. The Bertz CT molecular complexity index is 697. The number of imidazole rings is 1. The van der Waals surface area contributed by atoms with Gasteiger partial charge in [-0.25, -0.2) is 4.98 Å². The molecule has 20 heavy (non-hydrogen) atoms. The van der Waals surface area contributed by atoms with Crippen molar-refractivity contribution in [3.05, 3.63) is 16.7 Å². The molecule has 10 heteroatoms. The molecule has 2 aromatic heterocycles. The molecule has 0 spiro atoms. The fourth-order valence-corrected chi connectivity index (χ4v) is 2.24. The van der Waals surface area contributed by atoms with Crippen LogP contribution >= 0.6 is 0 Å². The van der Waals surface area contributed by atoms with Crippen LogP contribution in [0.4, 0.5) is 5.95 Å². The van der Waals surface area contributed by atoms with Crippen LogP contribution < -0.4 is 11.3 Å². The van der Waals surface area contributed by atoms with Gasteiger partial charge in [0.25, 0.3) is 5.56 Å². The first-order valence-electron chi connectivity index (χ1n) is 5.87. The van der Waals surface area contributed by atoms with Gasteiger partial charge in [0, 0.05) is 0 Å². The normalized spacial score (nSPS) is 30.1. The van der Waals surface area contributed by atoms with Gasteiger partial charge in [-0.2, -0.15) is 4.98 Å². The summed E-state index contributed by atoms with van der Waals surface area (Å²) in [5, 5.41) is 28.7. The lowest BCUT2D eigenvalue weighted by atomic mass is 10.1. The van der Waals surface area contributed by atoms with Crippen LogP contribution in [0.5, 0.6) is 0 Å². The summed E-state index contributed by atoms with van der Waals surface area (Å²) in [4.78, 5) is 21.8. The highest BCUT2D eigenvalue weighted by molar-refractivity contribution is 5.70. The number of aromatic nitrogens is 4. The molecule has 1 fully saturated rings. The van der Waals surface area contributed by atoms with E-state index < -0.39 is 36.7 Å². The van der Waals surface area contributed by atoms with Gasteiger partial charge in [-0.05, 0) is 0 Å². The number of hydrogen-bond donors (Lipinski definition) is 5. The van der Waals surface area contributed by atoms with Crippen LogP contribution in [0.2, 0.25) is 0 Å². The van der Waals surface area contributed by atoms with E-state index >= 15 is 0 Å². The first-order chi connectivity index (χ1) is 9.52. The van der Waals surface area contributed by atoms with Crippen molar-refractivity contribution in [1.29, 1.82) is 0 Å². The molecule has 0 amide bonds. The number of aliphatic hydroxyl groups excluding tert-OH is 3. The molecule has 10 nitrogen and oxygen atoms in total. The average Bonchev–Trinajstić information content (AvgIpc) is 2.93. The second-order valence-corrected chi connectivity index (χ2v) is 4.50. The molecule has 0 aliphatic carbocycles. The number of hydrogen-bond acceptors (Lipinski definition) is 8. The minimum absolute atomic E-state index is 0.0388. The number of anilines is 1. The predicted molar refractivity (Wildman–Crippen MR) is 65.6 cm³/mol. The lowest BCUT2D eigenvalue weighted by Gasteiger charge is -2.16. The van der Waals surface area contributed by atoms with E-state index in [0.717, 1.165) is 0 Å². The molecule has 0 radical (unpaired) electrons. The van der Waals surface area contributed by atoms with Crippen molar-refractivity contribution in [1.82, 2.24) is 19.5 Å². The van der Waals surface area contributed by atoms with Crippen LogP contribution in [0.15, 0.2) is 11.1 Å². The minimum atomic E-state index is -1.29. The van der Waals surface area contributed by atoms with Crippen molar-refractivity contribution in [2.24, 2.45) is 0 Å². The fourth-order valence-electron chi connectivity index (χ4n) is 2.24. The van der Waals surface area contributed by atoms with Crippen LogP contribution in [-0.4, -0.2) is 59.8 Å². The Morgan fingerprint density at radius 3 is 2.85 bits per heavy atom. The third-order valence-electron chi connectivity index (χ3n) is 3.24. The zero-order valence-corrected chi connectivity index (χ0v) is 10.2. The summed E-state index contributed by atoms with van der Waals surface area (Å²) >= 11 is 0. The second-order valence-electron chi connectivity index (χ2n) is 4.50. The van der Waals surface area contributed by atoms with Gasteiger partial charge in [-0.3, -0.25) is 14.3 Å². The number of nitrogens with zero attached hydrogens (tertiary/aromatic N) is 3. The summed E-state index contributed by atoms with van der Waals surface area (Å²) in [7, 11) is 0. The summed E-state index contributed by atoms with van der Waals surface area (Å²) in [5.74, 6) is -0.101. The van der Waals surface area contributed by atoms with Gasteiger partial charge in [0.1, 0.15) is 18.3 Å². The van der Waals surface area contributed by atoms with E-state index in [9.17, 15) is 15.0 Å². The van der Waals surface area contributed by atoms with Gasteiger partial charge < -0.3 is 25.8 Å². The molecule has 108 valence electrons. The maximum Gasteiger partial charge on any atom is 0.280 e. The molecule has 1 saturated heterocycles. The Morgan fingerprint density at radius 2 is 2.20 bits per heavy atom. The van der Waals surface area contributed by atoms with Gasteiger partial charge in [-0.15, -0.1) is 0 Å².